The second-order valence-corrected chi connectivity index (χ2v) is 6.49. The topological polar surface area (TPSA) is 21.3 Å². The molecule has 100 valence electrons. The average Bonchev–Trinajstić information content (AvgIpc) is 3.08. The molecule has 0 aromatic heterocycles. The van der Waals surface area contributed by atoms with Crippen LogP contribution in [0.25, 0.3) is 0 Å². The van der Waals surface area contributed by atoms with Crippen LogP contribution >= 0.6 is 11.6 Å². The summed E-state index contributed by atoms with van der Waals surface area (Å²) in [5, 5.41) is 4.18. The first-order valence-electron chi connectivity index (χ1n) is 6.61. The molecule has 0 spiro atoms. The molecule has 1 aliphatic carbocycles. The highest BCUT2D eigenvalue weighted by Crippen LogP contribution is 2.33. The summed E-state index contributed by atoms with van der Waals surface area (Å²) in [6.45, 7) is 8.04. The number of hydrogen-bond donors (Lipinski definition) is 1. The summed E-state index contributed by atoms with van der Waals surface area (Å²) in [5.74, 6) is 1.59. The molecule has 2 nitrogen and oxygen atoms in total. The van der Waals surface area contributed by atoms with Gasteiger partial charge in [0, 0.05) is 17.6 Å². The summed E-state index contributed by atoms with van der Waals surface area (Å²) in [4.78, 5) is 0. The molecular weight excluding hydrogens is 246 g/mol. The third-order valence-electron chi connectivity index (χ3n) is 3.02. The first kappa shape index (κ1) is 13.7. The predicted molar refractivity (Wildman–Crippen MR) is 76.3 cm³/mol. The van der Waals surface area contributed by atoms with Crippen LogP contribution in [-0.2, 0) is 6.54 Å². The minimum atomic E-state index is 0.0933. The second-order valence-electron chi connectivity index (χ2n) is 6.09. The van der Waals surface area contributed by atoms with Crippen molar-refractivity contribution in [3.8, 4) is 5.75 Å². The van der Waals surface area contributed by atoms with Crippen LogP contribution in [0.3, 0.4) is 0 Å². The molecule has 1 aliphatic rings. The second kappa shape index (κ2) is 5.50. The van der Waals surface area contributed by atoms with Gasteiger partial charge in [0.15, 0.2) is 0 Å². The Labute approximate surface area is 115 Å². The smallest absolute Gasteiger partial charge is 0.142 e. The van der Waals surface area contributed by atoms with E-state index in [9.17, 15) is 0 Å². The molecule has 2 rings (SSSR count). The number of benzene rings is 1. The lowest BCUT2D eigenvalue weighted by Crippen LogP contribution is -2.35. The molecule has 0 radical (unpaired) electrons. The van der Waals surface area contributed by atoms with Gasteiger partial charge in [-0.05, 0) is 45.6 Å². The Morgan fingerprint density at radius 2 is 2.06 bits per heavy atom. The molecule has 1 aromatic rings. The first-order valence-corrected chi connectivity index (χ1v) is 6.99. The fraction of sp³-hybridized carbons (Fsp3) is 0.600. The van der Waals surface area contributed by atoms with Gasteiger partial charge in [0.1, 0.15) is 5.75 Å². The summed E-state index contributed by atoms with van der Waals surface area (Å²) >= 11 is 6.23. The van der Waals surface area contributed by atoms with Crippen molar-refractivity contribution in [1.82, 2.24) is 5.32 Å². The minimum absolute atomic E-state index is 0.0933. The monoisotopic (exact) mass is 267 g/mol. The van der Waals surface area contributed by atoms with E-state index < -0.39 is 0 Å². The highest BCUT2D eigenvalue weighted by molar-refractivity contribution is 6.32. The predicted octanol–water partition coefficient (Wildman–Crippen LogP) is 4.02. The average molecular weight is 268 g/mol. The van der Waals surface area contributed by atoms with E-state index in [0.29, 0.717) is 5.02 Å². The van der Waals surface area contributed by atoms with Gasteiger partial charge in [-0.2, -0.15) is 0 Å². The molecule has 1 fully saturated rings. The van der Waals surface area contributed by atoms with Crippen molar-refractivity contribution in [2.75, 3.05) is 6.61 Å². The summed E-state index contributed by atoms with van der Waals surface area (Å²) in [6, 6.07) is 5.95. The molecule has 0 heterocycles. The maximum atomic E-state index is 6.23. The van der Waals surface area contributed by atoms with Crippen LogP contribution in [0, 0.1) is 5.92 Å². The minimum Gasteiger partial charge on any atom is -0.491 e. The number of para-hydroxylation sites is 1. The Morgan fingerprint density at radius 1 is 1.33 bits per heavy atom. The van der Waals surface area contributed by atoms with Crippen LogP contribution in [0.5, 0.6) is 5.75 Å². The number of ether oxygens (including phenoxy) is 1. The van der Waals surface area contributed by atoms with E-state index in [-0.39, 0.29) is 5.54 Å². The van der Waals surface area contributed by atoms with Gasteiger partial charge in [-0.3, -0.25) is 0 Å². The highest BCUT2D eigenvalue weighted by atomic mass is 35.5. The summed E-state index contributed by atoms with van der Waals surface area (Å²) in [7, 11) is 0. The maximum absolute atomic E-state index is 6.23. The van der Waals surface area contributed by atoms with Crippen LogP contribution in [-0.4, -0.2) is 12.1 Å². The molecule has 1 saturated carbocycles. The van der Waals surface area contributed by atoms with E-state index in [1.165, 1.54) is 12.8 Å². The van der Waals surface area contributed by atoms with E-state index in [1.807, 2.05) is 12.1 Å². The fourth-order valence-electron chi connectivity index (χ4n) is 1.70. The molecule has 0 saturated heterocycles. The van der Waals surface area contributed by atoms with E-state index in [1.54, 1.807) is 0 Å². The van der Waals surface area contributed by atoms with E-state index in [2.05, 4.69) is 32.2 Å². The van der Waals surface area contributed by atoms with Gasteiger partial charge in [0.2, 0.25) is 0 Å². The molecule has 3 heteroatoms. The summed E-state index contributed by atoms with van der Waals surface area (Å²) < 4.78 is 5.89. The molecular formula is C15H22ClNO. The Kier molecular flexibility index (Phi) is 4.18. The number of rotatable bonds is 5. The van der Waals surface area contributed by atoms with Crippen LogP contribution in [0.15, 0.2) is 18.2 Å². The van der Waals surface area contributed by atoms with Gasteiger partial charge < -0.3 is 10.1 Å². The van der Waals surface area contributed by atoms with Crippen LogP contribution in [0.2, 0.25) is 5.02 Å². The van der Waals surface area contributed by atoms with Crippen LogP contribution in [0.1, 0.15) is 39.2 Å². The molecule has 0 amide bonds. The van der Waals surface area contributed by atoms with Gasteiger partial charge in [0.05, 0.1) is 11.6 Å². The zero-order valence-electron chi connectivity index (χ0n) is 11.4. The maximum Gasteiger partial charge on any atom is 0.142 e. The highest BCUT2D eigenvalue weighted by Gasteiger charge is 2.23. The van der Waals surface area contributed by atoms with Gasteiger partial charge >= 0.3 is 0 Å². The van der Waals surface area contributed by atoms with Crippen molar-refractivity contribution in [1.29, 1.82) is 0 Å². The van der Waals surface area contributed by atoms with Gasteiger partial charge in [-0.1, -0.05) is 23.7 Å². The Hall–Kier alpha value is -0.730. The molecule has 0 atom stereocenters. The van der Waals surface area contributed by atoms with Crippen molar-refractivity contribution in [3.63, 3.8) is 0 Å². The Morgan fingerprint density at radius 3 is 2.67 bits per heavy atom. The Bertz CT molecular complexity index is 407. The van der Waals surface area contributed by atoms with Crippen molar-refractivity contribution >= 4 is 11.6 Å². The molecule has 18 heavy (non-hydrogen) atoms. The molecule has 1 N–H and O–H groups in total. The lowest BCUT2D eigenvalue weighted by atomic mass is 10.1. The summed E-state index contributed by atoms with van der Waals surface area (Å²) in [6.07, 6.45) is 2.58. The van der Waals surface area contributed by atoms with E-state index in [0.717, 1.165) is 30.4 Å². The molecule has 0 bridgehead atoms. The molecule has 0 unspecified atom stereocenters. The van der Waals surface area contributed by atoms with Crippen molar-refractivity contribution < 1.29 is 4.74 Å². The van der Waals surface area contributed by atoms with Crippen molar-refractivity contribution in [2.45, 2.75) is 45.7 Å². The SMILES string of the molecule is CC(C)(C)NCc1cccc(Cl)c1OCC1CC1. The number of halogens is 1. The Balaban J connectivity index is 2.04. The van der Waals surface area contributed by atoms with Crippen LogP contribution in [0.4, 0.5) is 0 Å². The van der Waals surface area contributed by atoms with Gasteiger partial charge in [-0.25, -0.2) is 0 Å². The van der Waals surface area contributed by atoms with Gasteiger partial charge in [-0.15, -0.1) is 0 Å². The molecule has 0 aliphatic heterocycles. The lowest BCUT2D eigenvalue weighted by Gasteiger charge is -2.22. The first-order chi connectivity index (χ1) is 8.46. The zero-order chi connectivity index (χ0) is 13.2. The lowest BCUT2D eigenvalue weighted by molar-refractivity contribution is 0.294. The van der Waals surface area contributed by atoms with Crippen LogP contribution < -0.4 is 10.1 Å². The quantitative estimate of drug-likeness (QED) is 0.870. The van der Waals surface area contributed by atoms with E-state index >= 15 is 0 Å². The third-order valence-corrected chi connectivity index (χ3v) is 3.32. The largest absolute Gasteiger partial charge is 0.491 e. The van der Waals surface area contributed by atoms with Crippen molar-refractivity contribution in [2.24, 2.45) is 5.92 Å². The van der Waals surface area contributed by atoms with Crippen molar-refractivity contribution in [3.05, 3.63) is 28.8 Å². The fourth-order valence-corrected chi connectivity index (χ4v) is 1.95. The zero-order valence-corrected chi connectivity index (χ0v) is 12.2. The summed E-state index contributed by atoms with van der Waals surface area (Å²) in [5.41, 5.74) is 1.23. The standard InChI is InChI=1S/C15H22ClNO/c1-15(2,3)17-9-12-5-4-6-13(16)14(12)18-10-11-7-8-11/h4-6,11,17H,7-10H2,1-3H3. The van der Waals surface area contributed by atoms with E-state index in [4.69, 9.17) is 16.3 Å². The normalized spacial score (nSPS) is 15.8. The number of nitrogens with one attached hydrogen (secondary N) is 1. The number of hydrogen-bond acceptors (Lipinski definition) is 2. The third kappa shape index (κ3) is 4.18. The molecule has 1 aromatic carbocycles. The van der Waals surface area contributed by atoms with Gasteiger partial charge in [0.25, 0.3) is 0 Å².